The molecule has 0 spiro atoms. The Morgan fingerprint density at radius 3 is 2.64 bits per heavy atom. The van der Waals surface area contributed by atoms with Gasteiger partial charge in [0, 0.05) is 13.1 Å². The van der Waals surface area contributed by atoms with Crippen LogP contribution in [0.1, 0.15) is 31.2 Å². The van der Waals surface area contributed by atoms with Gasteiger partial charge in [0.1, 0.15) is 0 Å². The maximum Gasteiger partial charge on any atom is 0.0738 e. The second-order valence-corrected chi connectivity index (χ2v) is 4.47. The summed E-state index contributed by atoms with van der Waals surface area (Å²) >= 11 is 3.55. The van der Waals surface area contributed by atoms with E-state index in [4.69, 9.17) is 5.73 Å². The molecule has 80 valence electrons. The third-order valence-corrected chi connectivity index (χ3v) is 3.57. The number of rotatable bonds is 4. The molecular weight excluding hydrogens is 242 g/mol. The van der Waals surface area contributed by atoms with E-state index < -0.39 is 0 Å². The topological polar surface area (TPSA) is 43.8 Å². The van der Waals surface area contributed by atoms with Crippen LogP contribution in [0.2, 0.25) is 0 Å². The van der Waals surface area contributed by atoms with Crippen LogP contribution in [0.3, 0.4) is 0 Å². The number of aryl methyl sites for hydroxylation is 2. The van der Waals surface area contributed by atoms with Gasteiger partial charge in [-0.2, -0.15) is 5.10 Å². The molecule has 0 saturated carbocycles. The number of hydrogen-bond acceptors (Lipinski definition) is 2. The van der Waals surface area contributed by atoms with E-state index in [1.54, 1.807) is 0 Å². The monoisotopic (exact) mass is 259 g/mol. The zero-order valence-electron chi connectivity index (χ0n) is 9.05. The molecule has 0 amide bonds. The average Bonchev–Trinajstić information content (AvgIpc) is 2.39. The number of halogens is 1. The van der Waals surface area contributed by atoms with E-state index >= 15 is 0 Å². The standard InChI is InChI=1S/C10H18BrN3/c1-4-8(12)5-6-9-10(11)7(2)13-14(9)3/h8H,4-6,12H2,1-3H3. The smallest absolute Gasteiger partial charge is 0.0738 e. The Kier molecular flexibility index (Phi) is 4.13. The molecule has 1 aromatic rings. The molecule has 4 heteroatoms. The molecule has 2 N–H and O–H groups in total. The number of aromatic nitrogens is 2. The molecule has 0 aliphatic rings. The molecule has 0 aromatic carbocycles. The first-order chi connectivity index (χ1) is 6.56. The minimum absolute atomic E-state index is 0.303. The van der Waals surface area contributed by atoms with Crippen molar-refractivity contribution in [2.75, 3.05) is 0 Å². The molecule has 1 rings (SSSR count). The molecule has 0 radical (unpaired) electrons. The zero-order valence-corrected chi connectivity index (χ0v) is 10.6. The second kappa shape index (κ2) is 4.94. The number of nitrogens with zero attached hydrogens (tertiary/aromatic N) is 2. The molecule has 1 heterocycles. The molecule has 1 atom stereocenters. The third kappa shape index (κ3) is 2.58. The minimum Gasteiger partial charge on any atom is -0.328 e. The van der Waals surface area contributed by atoms with Crippen molar-refractivity contribution in [2.24, 2.45) is 12.8 Å². The SMILES string of the molecule is CCC(N)CCc1c(Br)c(C)nn1C. The first-order valence-electron chi connectivity index (χ1n) is 4.99. The van der Waals surface area contributed by atoms with Crippen LogP contribution in [0.15, 0.2) is 4.47 Å². The Labute approximate surface area is 93.8 Å². The summed E-state index contributed by atoms with van der Waals surface area (Å²) in [6, 6.07) is 0.303. The normalized spacial score (nSPS) is 13.2. The largest absolute Gasteiger partial charge is 0.328 e. The summed E-state index contributed by atoms with van der Waals surface area (Å²) in [5.41, 5.74) is 8.17. The first kappa shape index (κ1) is 11.7. The Hall–Kier alpha value is -0.350. The van der Waals surface area contributed by atoms with Crippen molar-refractivity contribution < 1.29 is 0 Å². The Bertz CT molecular complexity index is 307. The van der Waals surface area contributed by atoms with Gasteiger partial charge in [0.05, 0.1) is 15.9 Å². The van der Waals surface area contributed by atoms with Gasteiger partial charge < -0.3 is 5.73 Å². The van der Waals surface area contributed by atoms with Gasteiger partial charge in [-0.3, -0.25) is 4.68 Å². The van der Waals surface area contributed by atoms with E-state index in [1.807, 2.05) is 18.7 Å². The van der Waals surface area contributed by atoms with Crippen LogP contribution in [0.25, 0.3) is 0 Å². The van der Waals surface area contributed by atoms with Crippen LogP contribution < -0.4 is 5.73 Å². The third-order valence-electron chi connectivity index (χ3n) is 2.54. The molecular formula is C10H18BrN3. The lowest BCUT2D eigenvalue weighted by Crippen LogP contribution is -2.19. The highest BCUT2D eigenvalue weighted by Crippen LogP contribution is 2.21. The Morgan fingerprint density at radius 2 is 2.21 bits per heavy atom. The summed E-state index contributed by atoms with van der Waals surface area (Å²) in [4.78, 5) is 0. The van der Waals surface area contributed by atoms with E-state index in [9.17, 15) is 0 Å². The quantitative estimate of drug-likeness (QED) is 0.901. The molecule has 14 heavy (non-hydrogen) atoms. The van der Waals surface area contributed by atoms with E-state index in [0.717, 1.165) is 29.4 Å². The van der Waals surface area contributed by atoms with Gasteiger partial charge in [0.25, 0.3) is 0 Å². The fraction of sp³-hybridized carbons (Fsp3) is 0.700. The van der Waals surface area contributed by atoms with Gasteiger partial charge in [-0.15, -0.1) is 0 Å². The molecule has 0 aliphatic heterocycles. The number of hydrogen-bond donors (Lipinski definition) is 1. The minimum atomic E-state index is 0.303. The maximum absolute atomic E-state index is 5.88. The molecule has 0 bridgehead atoms. The van der Waals surface area contributed by atoms with Crippen LogP contribution in [0.4, 0.5) is 0 Å². The van der Waals surface area contributed by atoms with Crippen molar-refractivity contribution in [3.63, 3.8) is 0 Å². The summed E-state index contributed by atoms with van der Waals surface area (Å²) in [7, 11) is 1.98. The van der Waals surface area contributed by atoms with Crippen LogP contribution in [-0.2, 0) is 13.5 Å². The maximum atomic E-state index is 5.88. The van der Waals surface area contributed by atoms with Crippen molar-refractivity contribution in [1.82, 2.24) is 9.78 Å². The second-order valence-electron chi connectivity index (χ2n) is 3.68. The number of nitrogens with two attached hydrogens (primary N) is 1. The van der Waals surface area contributed by atoms with Crippen molar-refractivity contribution >= 4 is 15.9 Å². The molecule has 0 fully saturated rings. The van der Waals surface area contributed by atoms with Crippen molar-refractivity contribution in [3.05, 3.63) is 15.9 Å². The van der Waals surface area contributed by atoms with Crippen molar-refractivity contribution in [1.29, 1.82) is 0 Å². The van der Waals surface area contributed by atoms with Crippen LogP contribution in [0, 0.1) is 6.92 Å². The summed E-state index contributed by atoms with van der Waals surface area (Å²) in [5, 5.41) is 4.34. The van der Waals surface area contributed by atoms with E-state index in [0.29, 0.717) is 6.04 Å². The van der Waals surface area contributed by atoms with E-state index in [2.05, 4.69) is 28.0 Å². The lowest BCUT2D eigenvalue weighted by atomic mass is 10.1. The van der Waals surface area contributed by atoms with Crippen molar-refractivity contribution in [3.8, 4) is 0 Å². The fourth-order valence-electron chi connectivity index (χ4n) is 1.48. The molecule has 0 aliphatic carbocycles. The van der Waals surface area contributed by atoms with Gasteiger partial charge >= 0.3 is 0 Å². The van der Waals surface area contributed by atoms with Crippen LogP contribution in [-0.4, -0.2) is 15.8 Å². The summed E-state index contributed by atoms with van der Waals surface area (Å²) in [6.07, 6.45) is 3.05. The van der Waals surface area contributed by atoms with Crippen molar-refractivity contribution in [2.45, 2.75) is 39.2 Å². The lowest BCUT2D eigenvalue weighted by Gasteiger charge is -2.08. The van der Waals surface area contributed by atoms with Gasteiger partial charge in [0.2, 0.25) is 0 Å². The zero-order chi connectivity index (χ0) is 10.7. The van der Waals surface area contributed by atoms with E-state index in [1.165, 1.54) is 5.69 Å². The predicted octanol–water partition coefficient (Wildman–Crippen LogP) is 2.16. The molecule has 1 aromatic heterocycles. The van der Waals surface area contributed by atoms with E-state index in [-0.39, 0.29) is 0 Å². The summed E-state index contributed by atoms with van der Waals surface area (Å²) in [6.45, 7) is 4.13. The summed E-state index contributed by atoms with van der Waals surface area (Å²) < 4.78 is 3.06. The highest BCUT2D eigenvalue weighted by atomic mass is 79.9. The highest BCUT2D eigenvalue weighted by molar-refractivity contribution is 9.10. The van der Waals surface area contributed by atoms with Gasteiger partial charge in [-0.25, -0.2) is 0 Å². The average molecular weight is 260 g/mol. The molecule has 1 unspecified atom stereocenters. The van der Waals surface area contributed by atoms with Gasteiger partial charge in [-0.05, 0) is 42.1 Å². The van der Waals surface area contributed by atoms with Gasteiger partial charge in [0.15, 0.2) is 0 Å². The summed E-state index contributed by atoms with van der Waals surface area (Å²) in [5.74, 6) is 0. The van der Waals surface area contributed by atoms with Crippen LogP contribution >= 0.6 is 15.9 Å². The fourth-order valence-corrected chi connectivity index (χ4v) is 2.01. The molecule has 3 nitrogen and oxygen atoms in total. The Balaban J connectivity index is 2.67. The first-order valence-corrected chi connectivity index (χ1v) is 5.79. The Morgan fingerprint density at radius 1 is 1.57 bits per heavy atom. The lowest BCUT2D eigenvalue weighted by molar-refractivity contribution is 0.574. The highest BCUT2D eigenvalue weighted by Gasteiger charge is 2.11. The molecule has 0 saturated heterocycles. The van der Waals surface area contributed by atoms with Gasteiger partial charge in [-0.1, -0.05) is 6.92 Å². The predicted molar refractivity (Wildman–Crippen MR) is 62.2 cm³/mol. The van der Waals surface area contributed by atoms with Crippen LogP contribution in [0.5, 0.6) is 0 Å².